The molecule has 0 radical (unpaired) electrons. The standard InChI is InChI=1S/C21H20N4O2/c1-15-13-19(27-24-15)17-14-22-21(23-20(17)18-9-6-12-26-18)25(2)11-10-16-7-4-3-5-8-16/h3-9,12-14H,10-11H2,1-2H3. The number of hydrogen-bond acceptors (Lipinski definition) is 6. The van der Waals surface area contributed by atoms with Crippen LogP contribution in [0.1, 0.15) is 11.3 Å². The average Bonchev–Trinajstić information content (AvgIpc) is 3.38. The van der Waals surface area contributed by atoms with Gasteiger partial charge in [0.1, 0.15) is 5.69 Å². The van der Waals surface area contributed by atoms with E-state index in [1.165, 1.54) is 5.56 Å². The number of benzene rings is 1. The van der Waals surface area contributed by atoms with Crippen molar-refractivity contribution < 1.29 is 8.94 Å². The number of anilines is 1. The Kier molecular flexibility index (Phi) is 4.70. The summed E-state index contributed by atoms with van der Waals surface area (Å²) in [5.41, 5.74) is 3.53. The molecular weight excluding hydrogens is 340 g/mol. The van der Waals surface area contributed by atoms with Crippen molar-refractivity contribution >= 4 is 5.95 Å². The summed E-state index contributed by atoms with van der Waals surface area (Å²) >= 11 is 0. The molecule has 0 fully saturated rings. The quantitative estimate of drug-likeness (QED) is 0.508. The Morgan fingerprint density at radius 3 is 2.59 bits per heavy atom. The van der Waals surface area contributed by atoms with E-state index in [4.69, 9.17) is 13.9 Å². The molecule has 6 heteroatoms. The number of nitrogens with zero attached hydrogens (tertiary/aromatic N) is 4. The third-order valence-electron chi connectivity index (χ3n) is 4.34. The summed E-state index contributed by atoms with van der Waals surface area (Å²) in [4.78, 5) is 11.3. The third kappa shape index (κ3) is 3.74. The molecule has 6 nitrogen and oxygen atoms in total. The van der Waals surface area contributed by atoms with Gasteiger partial charge in [-0.2, -0.15) is 0 Å². The lowest BCUT2D eigenvalue weighted by Crippen LogP contribution is -2.22. The zero-order valence-corrected chi connectivity index (χ0v) is 15.3. The topological polar surface area (TPSA) is 68.2 Å². The first-order chi connectivity index (χ1) is 13.2. The third-order valence-corrected chi connectivity index (χ3v) is 4.34. The van der Waals surface area contributed by atoms with Crippen LogP contribution in [0.4, 0.5) is 5.95 Å². The maximum Gasteiger partial charge on any atom is 0.225 e. The van der Waals surface area contributed by atoms with Crippen LogP contribution in [-0.2, 0) is 6.42 Å². The van der Waals surface area contributed by atoms with Crippen LogP contribution in [-0.4, -0.2) is 28.7 Å². The van der Waals surface area contributed by atoms with E-state index in [-0.39, 0.29) is 0 Å². The summed E-state index contributed by atoms with van der Waals surface area (Å²) in [6.07, 6.45) is 4.31. The monoisotopic (exact) mass is 360 g/mol. The van der Waals surface area contributed by atoms with Crippen LogP contribution in [0.25, 0.3) is 22.8 Å². The van der Waals surface area contributed by atoms with E-state index in [1.807, 2.05) is 43.1 Å². The summed E-state index contributed by atoms with van der Waals surface area (Å²) in [6, 6.07) is 16.0. The van der Waals surface area contributed by atoms with Crippen molar-refractivity contribution in [2.45, 2.75) is 13.3 Å². The van der Waals surface area contributed by atoms with Gasteiger partial charge in [-0.25, -0.2) is 9.97 Å². The smallest absolute Gasteiger partial charge is 0.225 e. The highest BCUT2D eigenvalue weighted by atomic mass is 16.5. The molecule has 136 valence electrons. The van der Waals surface area contributed by atoms with Crippen LogP contribution in [0.3, 0.4) is 0 Å². The summed E-state index contributed by atoms with van der Waals surface area (Å²) < 4.78 is 11.0. The van der Waals surface area contributed by atoms with Crippen LogP contribution >= 0.6 is 0 Å². The van der Waals surface area contributed by atoms with Crippen LogP contribution in [0.15, 0.2) is 69.9 Å². The molecule has 0 aliphatic rings. The molecule has 0 bridgehead atoms. The highest BCUT2D eigenvalue weighted by Crippen LogP contribution is 2.31. The zero-order valence-electron chi connectivity index (χ0n) is 15.3. The van der Waals surface area contributed by atoms with E-state index >= 15 is 0 Å². The van der Waals surface area contributed by atoms with Crippen molar-refractivity contribution in [2.24, 2.45) is 0 Å². The molecule has 0 aliphatic heterocycles. The van der Waals surface area contributed by atoms with E-state index in [0.29, 0.717) is 23.2 Å². The minimum atomic E-state index is 0.623. The van der Waals surface area contributed by atoms with Crippen molar-refractivity contribution in [3.05, 3.63) is 72.2 Å². The van der Waals surface area contributed by atoms with Gasteiger partial charge < -0.3 is 13.8 Å². The Morgan fingerprint density at radius 1 is 1.04 bits per heavy atom. The Balaban J connectivity index is 1.63. The van der Waals surface area contributed by atoms with Crippen molar-refractivity contribution in [1.82, 2.24) is 15.1 Å². The van der Waals surface area contributed by atoms with E-state index in [1.54, 1.807) is 12.5 Å². The minimum absolute atomic E-state index is 0.623. The van der Waals surface area contributed by atoms with E-state index < -0.39 is 0 Å². The van der Waals surface area contributed by atoms with Crippen molar-refractivity contribution in [3.8, 4) is 22.8 Å². The molecule has 0 amide bonds. The SMILES string of the molecule is Cc1cc(-c2cnc(N(C)CCc3ccccc3)nc2-c2ccco2)on1. The number of likely N-dealkylation sites (N-methyl/N-ethyl adjacent to an activating group) is 1. The van der Waals surface area contributed by atoms with Crippen LogP contribution in [0, 0.1) is 6.92 Å². The molecule has 3 heterocycles. The second-order valence-corrected chi connectivity index (χ2v) is 6.40. The van der Waals surface area contributed by atoms with Crippen LogP contribution in [0.2, 0.25) is 0 Å². The summed E-state index contributed by atoms with van der Waals surface area (Å²) in [6.45, 7) is 2.69. The van der Waals surface area contributed by atoms with E-state index in [2.05, 4.69) is 34.4 Å². The number of furan rings is 1. The Bertz CT molecular complexity index is 1010. The number of aryl methyl sites for hydroxylation is 1. The maximum absolute atomic E-state index is 5.58. The Hall–Kier alpha value is -3.41. The van der Waals surface area contributed by atoms with Gasteiger partial charge in [0.05, 0.1) is 17.5 Å². The molecule has 0 saturated carbocycles. The second-order valence-electron chi connectivity index (χ2n) is 6.40. The molecule has 0 atom stereocenters. The van der Waals surface area contributed by atoms with Crippen LogP contribution in [0.5, 0.6) is 0 Å². The predicted molar refractivity (Wildman–Crippen MR) is 103 cm³/mol. The molecule has 0 aliphatic carbocycles. The van der Waals surface area contributed by atoms with E-state index in [9.17, 15) is 0 Å². The van der Waals surface area contributed by atoms with Gasteiger partial charge in [-0.3, -0.25) is 0 Å². The molecule has 0 saturated heterocycles. The lowest BCUT2D eigenvalue weighted by atomic mass is 10.1. The summed E-state index contributed by atoms with van der Waals surface area (Å²) in [5, 5.41) is 3.96. The van der Waals surface area contributed by atoms with Gasteiger partial charge in [-0.05, 0) is 31.0 Å². The Morgan fingerprint density at radius 2 is 1.89 bits per heavy atom. The minimum Gasteiger partial charge on any atom is -0.463 e. The van der Waals surface area contributed by atoms with Gasteiger partial charge in [0, 0.05) is 25.9 Å². The lowest BCUT2D eigenvalue weighted by molar-refractivity contribution is 0.427. The number of hydrogen-bond donors (Lipinski definition) is 0. The molecule has 3 aromatic heterocycles. The van der Waals surface area contributed by atoms with Gasteiger partial charge in [-0.15, -0.1) is 0 Å². The fourth-order valence-electron chi connectivity index (χ4n) is 2.87. The van der Waals surface area contributed by atoms with Crippen LogP contribution < -0.4 is 4.90 Å². The average molecular weight is 360 g/mol. The first kappa shape index (κ1) is 17.0. The summed E-state index contributed by atoms with van der Waals surface area (Å²) in [5.74, 6) is 1.92. The molecule has 4 aromatic rings. The van der Waals surface area contributed by atoms with Gasteiger partial charge >= 0.3 is 0 Å². The van der Waals surface area contributed by atoms with Gasteiger partial charge in [0.2, 0.25) is 5.95 Å². The van der Waals surface area contributed by atoms with Gasteiger partial charge in [0.15, 0.2) is 11.5 Å². The highest BCUT2D eigenvalue weighted by Gasteiger charge is 2.18. The largest absolute Gasteiger partial charge is 0.463 e. The number of aromatic nitrogens is 3. The molecule has 0 unspecified atom stereocenters. The van der Waals surface area contributed by atoms with Gasteiger partial charge in [0.25, 0.3) is 0 Å². The van der Waals surface area contributed by atoms with Gasteiger partial charge in [-0.1, -0.05) is 35.5 Å². The van der Waals surface area contributed by atoms with E-state index in [0.717, 1.165) is 24.2 Å². The number of rotatable bonds is 6. The highest BCUT2D eigenvalue weighted by molar-refractivity contribution is 5.75. The first-order valence-electron chi connectivity index (χ1n) is 8.80. The predicted octanol–water partition coefficient (Wildman–Crippen LogP) is 4.38. The van der Waals surface area contributed by atoms with Crippen molar-refractivity contribution in [3.63, 3.8) is 0 Å². The molecule has 1 aromatic carbocycles. The fraction of sp³-hybridized carbons (Fsp3) is 0.190. The van der Waals surface area contributed by atoms with Crippen molar-refractivity contribution in [1.29, 1.82) is 0 Å². The zero-order chi connectivity index (χ0) is 18.6. The molecule has 4 rings (SSSR count). The first-order valence-corrected chi connectivity index (χ1v) is 8.80. The maximum atomic E-state index is 5.58. The Labute approximate surface area is 157 Å². The lowest BCUT2D eigenvalue weighted by Gasteiger charge is -2.18. The second kappa shape index (κ2) is 7.45. The molecule has 0 spiro atoms. The molecule has 0 N–H and O–H groups in total. The van der Waals surface area contributed by atoms with Crippen molar-refractivity contribution in [2.75, 3.05) is 18.5 Å². The summed E-state index contributed by atoms with van der Waals surface area (Å²) in [7, 11) is 1.99. The normalized spacial score (nSPS) is 10.9. The fourth-order valence-corrected chi connectivity index (χ4v) is 2.87. The molecule has 27 heavy (non-hydrogen) atoms. The molecular formula is C21H20N4O2.